The van der Waals surface area contributed by atoms with Crippen molar-refractivity contribution in [3.05, 3.63) is 81.7 Å². The average Bonchev–Trinajstić information content (AvgIpc) is 3.20. The van der Waals surface area contributed by atoms with Gasteiger partial charge < -0.3 is 18.8 Å². The Morgan fingerprint density at radius 1 is 0.969 bits per heavy atom. The number of fused-ring (bicyclic) bond motifs is 1. The molecule has 1 unspecified atom stereocenters. The van der Waals surface area contributed by atoms with Gasteiger partial charge in [-0.3, -0.25) is 15.0 Å². The van der Waals surface area contributed by atoms with Crippen molar-refractivity contribution in [3.8, 4) is 17.2 Å². The lowest BCUT2D eigenvalue weighted by atomic mass is 9.99. The van der Waals surface area contributed by atoms with Crippen molar-refractivity contribution < 1.29 is 19.1 Å². The third-order valence-electron chi connectivity index (χ3n) is 5.92. The normalized spacial score (nSPS) is 16.2. The van der Waals surface area contributed by atoms with Crippen LogP contribution in [0.5, 0.6) is 17.2 Å². The van der Waals surface area contributed by atoms with Gasteiger partial charge >= 0.3 is 0 Å². The number of rotatable bonds is 7. The van der Waals surface area contributed by atoms with Crippen LogP contribution in [0.3, 0.4) is 0 Å². The smallest absolute Gasteiger partial charge is 0.269 e. The lowest BCUT2D eigenvalue weighted by Gasteiger charge is -2.32. The second kappa shape index (κ2) is 9.32. The topological polar surface area (TPSA) is 79.0 Å². The van der Waals surface area contributed by atoms with E-state index < -0.39 is 0 Å². The average molecular weight is 437 g/mol. The molecular weight excluding hydrogens is 410 g/mol. The first-order valence-corrected chi connectivity index (χ1v) is 10.5. The van der Waals surface area contributed by atoms with Crippen molar-refractivity contribution in [2.24, 2.45) is 0 Å². The van der Waals surface area contributed by atoms with Gasteiger partial charge in [0.15, 0.2) is 11.5 Å². The minimum absolute atomic E-state index is 0.0857. The summed E-state index contributed by atoms with van der Waals surface area (Å²) in [7, 11) is 4.88. The quantitative estimate of drug-likeness (QED) is 0.402. The third kappa shape index (κ3) is 4.13. The summed E-state index contributed by atoms with van der Waals surface area (Å²) in [4.78, 5) is 13.0. The minimum Gasteiger partial charge on any atom is -0.496 e. The van der Waals surface area contributed by atoms with E-state index >= 15 is 0 Å². The summed E-state index contributed by atoms with van der Waals surface area (Å²) in [5.41, 5.74) is 3.25. The Labute approximate surface area is 187 Å². The van der Waals surface area contributed by atoms with E-state index in [-0.39, 0.29) is 16.7 Å². The number of benzene rings is 2. The molecule has 2 heterocycles. The summed E-state index contributed by atoms with van der Waals surface area (Å²) in [6.45, 7) is 2.43. The Bertz CT molecular complexity index is 1090. The Kier molecular flexibility index (Phi) is 6.32. The number of methoxy groups -OCH3 is 3. The van der Waals surface area contributed by atoms with E-state index in [2.05, 4.69) is 27.8 Å². The van der Waals surface area contributed by atoms with Gasteiger partial charge in [0.2, 0.25) is 0 Å². The van der Waals surface area contributed by atoms with Gasteiger partial charge in [0.05, 0.1) is 32.3 Å². The molecule has 0 spiro atoms. The van der Waals surface area contributed by atoms with Crippen LogP contribution in [0.25, 0.3) is 0 Å². The molecule has 168 valence electrons. The molecule has 0 N–H and O–H groups in total. The number of hydrogen-bond acceptors (Lipinski definition) is 6. The van der Waals surface area contributed by atoms with E-state index in [1.807, 2.05) is 24.3 Å². The number of hydrogen-bond donors (Lipinski definition) is 0. The zero-order valence-electron chi connectivity index (χ0n) is 18.5. The van der Waals surface area contributed by atoms with Crippen LogP contribution < -0.4 is 14.2 Å². The second-order valence-corrected chi connectivity index (χ2v) is 7.73. The Morgan fingerprint density at radius 3 is 2.31 bits per heavy atom. The molecule has 1 aliphatic heterocycles. The molecular formula is C24H27N3O5. The molecule has 0 amide bonds. The number of nitrogens with zero attached hydrogens (tertiary/aromatic N) is 3. The van der Waals surface area contributed by atoms with Crippen LogP contribution in [-0.4, -0.2) is 42.3 Å². The Hall–Kier alpha value is -3.52. The molecule has 1 atom stereocenters. The lowest BCUT2D eigenvalue weighted by Crippen LogP contribution is -2.30. The van der Waals surface area contributed by atoms with Gasteiger partial charge in [0, 0.05) is 55.3 Å². The van der Waals surface area contributed by atoms with Gasteiger partial charge in [-0.2, -0.15) is 0 Å². The largest absolute Gasteiger partial charge is 0.496 e. The number of ether oxygens (including phenoxy) is 3. The summed E-state index contributed by atoms with van der Waals surface area (Å²) >= 11 is 0. The molecule has 8 heteroatoms. The maximum atomic E-state index is 11.0. The fraction of sp³-hybridized carbons (Fsp3) is 0.333. The maximum absolute atomic E-state index is 11.0. The molecule has 32 heavy (non-hydrogen) atoms. The summed E-state index contributed by atoms with van der Waals surface area (Å²) in [5.74, 6) is 1.97. The zero-order valence-corrected chi connectivity index (χ0v) is 18.5. The monoisotopic (exact) mass is 437 g/mol. The minimum atomic E-state index is -0.375. The van der Waals surface area contributed by atoms with Crippen molar-refractivity contribution >= 4 is 5.69 Å². The van der Waals surface area contributed by atoms with E-state index in [0.29, 0.717) is 18.0 Å². The third-order valence-corrected chi connectivity index (χ3v) is 5.92. The highest BCUT2D eigenvalue weighted by molar-refractivity contribution is 5.53. The number of aryl methyl sites for hydroxylation is 1. The predicted molar refractivity (Wildman–Crippen MR) is 120 cm³/mol. The highest BCUT2D eigenvalue weighted by Gasteiger charge is 2.31. The standard InChI is InChI=1S/C24H27N3O5/c1-30-21-15-23(32-3)22(31-2)14-19(21)24-20-6-4-11-25(20)12-5-13-26(24)16-17-7-9-18(10-8-17)27(28)29/h4,6-11,14-15,24H,5,12-13,16H2,1-3H3. The molecule has 0 saturated carbocycles. The Morgan fingerprint density at radius 2 is 1.66 bits per heavy atom. The van der Waals surface area contributed by atoms with Crippen molar-refractivity contribution in [1.82, 2.24) is 9.47 Å². The van der Waals surface area contributed by atoms with Gasteiger partial charge in [0.1, 0.15) is 5.75 Å². The fourth-order valence-corrected chi connectivity index (χ4v) is 4.39. The predicted octanol–water partition coefficient (Wildman–Crippen LogP) is 4.42. The van der Waals surface area contributed by atoms with Crippen molar-refractivity contribution in [2.45, 2.75) is 25.6 Å². The van der Waals surface area contributed by atoms with Crippen LogP contribution >= 0.6 is 0 Å². The first kappa shape index (κ1) is 21.7. The molecule has 0 aliphatic carbocycles. The molecule has 4 rings (SSSR count). The molecule has 0 bridgehead atoms. The molecule has 1 aromatic heterocycles. The highest BCUT2D eigenvalue weighted by atomic mass is 16.6. The van der Waals surface area contributed by atoms with Crippen LogP contribution in [0.15, 0.2) is 54.7 Å². The van der Waals surface area contributed by atoms with Crippen molar-refractivity contribution in [3.63, 3.8) is 0 Å². The molecule has 0 saturated heterocycles. The summed E-state index contributed by atoms with van der Waals surface area (Å²) in [5, 5.41) is 11.0. The number of nitro groups is 1. The number of non-ortho nitro benzene ring substituents is 1. The molecule has 8 nitrogen and oxygen atoms in total. The van der Waals surface area contributed by atoms with Crippen molar-refractivity contribution in [1.29, 1.82) is 0 Å². The van der Waals surface area contributed by atoms with Crippen molar-refractivity contribution in [2.75, 3.05) is 27.9 Å². The van der Waals surface area contributed by atoms with Gasteiger partial charge in [-0.1, -0.05) is 12.1 Å². The first-order chi connectivity index (χ1) is 15.5. The van der Waals surface area contributed by atoms with E-state index in [4.69, 9.17) is 14.2 Å². The van der Waals surface area contributed by atoms with Gasteiger partial charge in [0.25, 0.3) is 5.69 Å². The number of aromatic nitrogens is 1. The van der Waals surface area contributed by atoms with Crippen LogP contribution in [-0.2, 0) is 13.1 Å². The summed E-state index contributed by atoms with van der Waals surface area (Å²) in [6, 6.07) is 14.7. The molecule has 0 fully saturated rings. The van der Waals surface area contributed by atoms with E-state index in [1.54, 1.807) is 33.5 Å². The van der Waals surface area contributed by atoms with Gasteiger partial charge in [-0.25, -0.2) is 0 Å². The van der Waals surface area contributed by atoms with E-state index in [9.17, 15) is 10.1 Å². The highest BCUT2D eigenvalue weighted by Crippen LogP contribution is 2.43. The summed E-state index contributed by atoms with van der Waals surface area (Å²) < 4.78 is 19.1. The summed E-state index contributed by atoms with van der Waals surface area (Å²) in [6.07, 6.45) is 3.09. The maximum Gasteiger partial charge on any atom is 0.269 e. The van der Waals surface area contributed by atoms with Gasteiger partial charge in [-0.05, 0) is 30.2 Å². The van der Waals surface area contributed by atoms with E-state index in [1.165, 1.54) is 0 Å². The SMILES string of the molecule is COc1cc(OC)c(C2c3cccn3CCCN2Cc2ccc([N+](=O)[O-])cc2)cc1OC. The first-order valence-electron chi connectivity index (χ1n) is 10.5. The Balaban J connectivity index is 1.79. The molecule has 2 aromatic carbocycles. The van der Waals surface area contributed by atoms with Crippen LogP contribution in [0.4, 0.5) is 5.69 Å². The molecule has 1 aliphatic rings. The van der Waals surface area contributed by atoms with Crippen LogP contribution in [0.1, 0.15) is 29.3 Å². The molecule has 3 aromatic rings. The number of nitro benzene ring substituents is 1. The van der Waals surface area contributed by atoms with Crippen LogP contribution in [0, 0.1) is 10.1 Å². The zero-order chi connectivity index (χ0) is 22.7. The van der Waals surface area contributed by atoms with Gasteiger partial charge in [-0.15, -0.1) is 0 Å². The molecule has 0 radical (unpaired) electrons. The lowest BCUT2D eigenvalue weighted by molar-refractivity contribution is -0.384. The second-order valence-electron chi connectivity index (χ2n) is 7.73. The van der Waals surface area contributed by atoms with E-state index in [0.717, 1.165) is 42.1 Å². The fourth-order valence-electron chi connectivity index (χ4n) is 4.39. The van der Waals surface area contributed by atoms with Crippen LogP contribution in [0.2, 0.25) is 0 Å².